The van der Waals surface area contributed by atoms with Crippen LogP contribution in [0.1, 0.15) is 0 Å². The van der Waals surface area contributed by atoms with E-state index in [0.29, 0.717) is 22.3 Å². The first-order valence-electron chi connectivity index (χ1n) is 7.07. The summed E-state index contributed by atoms with van der Waals surface area (Å²) >= 11 is 6.32. The fraction of sp³-hybridized carbons (Fsp3) is 0. The zero-order chi connectivity index (χ0) is 16.8. The molecule has 1 aromatic carbocycles. The van der Waals surface area contributed by atoms with Crippen molar-refractivity contribution < 1.29 is 4.39 Å². The van der Waals surface area contributed by atoms with E-state index in [0.717, 1.165) is 11.1 Å². The van der Waals surface area contributed by atoms with Gasteiger partial charge in [-0.05, 0) is 23.9 Å². The van der Waals surface area contributed by atoms with Gasteiger partial charge in [-0.25, -0.2) is 8.91 Å². The highest BCUT2D eigenvalue weighted by atomic mass is 35.5. The molecule has 8 heteroatoms. The lowest BCUT2D eigenvalue weighted by molar-refractivity contribution is 0.634. The minimum absolute atomic E-state index is 0.00471. The first kappa shape index (κ1) is 14.5. The van der Waals surface area contributed by atoms with Crippen LogP contribution in [-0.2, 0) is 0 Å². The molecule has 6 nitrogen and oxygen atoms in total. The minimum atomic E-state index is -0.573. The summed E-state index contributed by atoms with van der Waals surface area (Å²) in [5.41, 5.74) is 8.51. The monoisotopic (exact) mass is 342 g/mol. The Labute approximate surface area is 140 Å². The summed E-state index contributed by atoms with van der Waals surface area (Å²) in [5.74, 6) is -0.167. The van der Waals surface area contributed by atoms with E-state index in [-0.39, 0.29) is 10.7 Å². The average molecular weight is 343 g/mol. The Morgan fingerprint density at radius 1 is 1.42 bits per heavy atom. The number of halogens is 2. The molecule has 120 valence electrons. The number of nitrogens with one attached hydrogen (secondary N) is 2. The molecule has 0 fully saturated rings. The molecule has 0 aliphatic heterocycles. The lowest BCUT2D eigenvalue weighted by Crippen LogP contribution is -1.97. The van der Waals surface area contributed by atoms with Gasteiger partial charge in [0.1, 0.15) is 11.5 Å². The Morgan fingerprint density at radius 3 is 3.04 bits per heavy atom. The summed E-state index contributed by atoms with van der Waals surface area (Å²) in [6.07, 6.45) is 4.74. The zero-order valence-electron chi connectivity index (χ0n) is 12.3. The van der Waals surface area contributed by atoms with Crippen molar-refractivity contribution in [3.05, 3.63) is 54.2 Å². The first-order chi connectivity index (χ1) is 11.6. The summed E-state index contributed by atoms with van der Waals surface area (Å²) in [6.45, 7) is 3.56. The van der Waals surface area contributed by atoms with Gasteiger partial charge in [0, 0.05) is 23.2 Å². The Kier molecular flexibility index (Phi) is 3.17. The number of nitrogens with zero attached hydrogens (tertiary/aromatic N) is 3. The van der Waals surface area contributed by atoms with Crippen LogP contribution in [0.5, 0.6) is 0 Å². The SMILES string of the molecule is C=CNc1c(F)c(Cl)c(-c2ccn3nc(N)cc3c2)c2cn[nH]c12. The fourth-order valence-electron chi connectivity index (χ4n) is 2.80. The van der Waals surface area contributed by atoms with Crippen molar-refractivity contribution >= 4 is 39.5 Å². The normalized spacial score (nSPS) is 11.2. The lowest BCUT2D eigenvalue weighted by Gasteiger charge is -2.12. The number of hydrogen-bond donors (Lipinski definition) is 3. The van der Waals surface area contributed by atoms with Crippen molar-refractivity contribution in [2.45, 2.75) is 0 Å². The number of pyridine rings is 1. The second-order valence-electron chi connectivity index (χ2n) is 5.24. The Balaban J connectivity index is 2.04. The molecule has 0 spiro atoms. The number of nitrogens with two attached hydrogens (primary N) is 1. The summed E-state index contributed by atoms with van der Waals surface area (Å²) in [7, 11) is 0. The quantitative estimate of drug-likeness (QED) is 0.528. The predicted octanol–water partition coefficient (Wildman–Crippen LogP) is 3.81. The lowest BCUT2D eigenvalue weighted by atomic mass is 10.0. The zero-order valence-corrected chi connectivity index (χ0v) is 13.1. The van der Waals surface area contributed by atoms with Crippen molar-refractivity contribution in [1.82, 2.24) is 19.8 Å². The molecule has 4 N–H and O–H groups in total. The Bertz CT molecular complexity index is 1100. The fourth-order valence-corrected chi connectivity index (χ4v) is 3.11. The minimum Gasteiger partial charge on any atom is -0.382 e. The molecule has 0 unspecified atom stereocenters. The van der Waals surface area contributed by atoms with E-state index in [1.54, 1.807) is 29.0 Å². The van der Waals surface area contributed by atoms with Crippen LogP contribution >= 0.6 is 11.6 Å². The number of aromatic nitrogens is 4. The van der Waals surface area contributed by atoms with Crippen molar-refractivity contribution in [3.8, 4) is 11.1 Å². The van der Waals surface area contributed by atoms with Gasteiger partial charge in [0.05, 0.1) is 22.3 Å². The van der Waals surface area contributed by atoms with Crippen LogP contribution in [0.3, 0.4) is 0 Å². The van der Waals surface area contributed by atoms with E-state index < -0.39 is 5.82 Å². The van der Waals surface area contributed by atoms with E-state index in [9.17, 15) is 4.39 Å². The number of fused-ring (bicyclic) bond motifs is 2. The third-order valence-corrected chi connectivity index (χ3v) is 4.16. The number of anilines is 2. The van der Waals surface area contributed by atoms with Gasteiger partial charge in [0.15, 0.2) is 5.82 Å². The summed E-state index contributed by atoms with van der Waals surface area (Å²) in [6, 6.07) is 5.37. The van der Waals surface area contributed by atoms with E-state index >= 15 is 0 Å². The number of nitrogen functional groups attached to an aromatic ring is 1. The van der Waals surface area contributed by atoms with E-state index in [1.807, 2.05) is 6.07 Å². The van der Waals surface area contributed by atoms with Crippen LogP contribution in [-0.4, -0.2) is 19.8 Å². The topological polar surface area (TPSA) is 84.0 Å². The van der Waals surface area contributed by atoms with Gasteiger partial charge < -0.3 is 11.1 Å². The van der Waals surface area contributed by atoms with Gasteiger partial charge in [-0.3, -0.25) is 5.10 Å². The number of hydrogen-bond acceptors (Lipinski definition) is 4. The Hall–Kier alpha value is -3.06. The summed E-state index contributed by atoms with van der Waals surface area (Å²) in [4.78, 5) is 0. The third-order valence-electron chi connectivity index (χ3n) is 3.81. The van der Waals surface area contributed by atoms with Gasteiger partial charge in [0.25, 0.3) is 0 Å². The molecule has 0 saturated carbocycles. The maximum atomic E-state index is 14.7. The van der Waals surface area contributed by atoms with Gasteiger partial charge in [-0.15, -0.1) is 0 Å². The van der Waals surface area contributed by atoms with Gasteiger partial charge in [-0.2, -0.15) is 10.2 Å². The van der Waals surface area contributed by atoms with Crippen molar-refractivity contribution in [1.29, 1.82) is 0 Å². The average Bonchev–Trinajstić information content (AvgIpc) is 3.17. The number of H-pyrrole nitrogens is 1. The number of aromatic amines is 1. The van der Waals surface area contributed by atoms with E-state index in [2.05, 4.69) is 27.2 Å². The maximum absolute atomic E-state index is 14.7. The largest absolute Gasteiger partial charge is 0.382 e. The molecule has 24 heavy (non-hydrogen) atoms. The second kappa shape index (κ2) is 5.24. The maximum Gasteiger partial charge on any atom is 0.168 e. The molecule has 4 rings (SSSR count). The van der Waals surface area contributed by atoms with Crippen LogP contribution in [0.4, 0.5) is 15.9 Å². The van der Waals surface area contributed by atoms with Crippen LogP contribution in [0.25, 0.3) is 27.5 Å². The molecule has 0 atom stereocenters. The van der Waals surface area contributed by atoms with Crippen LogP contribution < -0.4 is 11.1 Å². The van der Waals surface area contributed by atoms with E-state index in [4.69, 9.17) is 17.3 Å². The highest BCUT2D eigenvalue weighted by Crippen LogP contribution is 2.41. The molecule has 0 amide bonds. The van der Waals surface area contributed by atoms with Crippen molar-refractivity contribution in [2.75, 3.05) is 11.1 Å². The van der Waals surface area contributed by atoms with Crippen molar-refractivity contribution in [2.24, 2.45) is 0 Å². The number of benzene rings is 1. The molecule has 0 aliphatic carbocycles. The molecule has 0 radical (unpaired) electrons. The standard InChI is InChI=1S/C16H12ClFN6/c1-2-20-16-14(18)13(17)12(10-7-21-22-15(10)16)8-3-4-24-9(5-8)6-11(19)23-24/h2-7,20H,1H2,(H2,19,23)(H,21,22). The Morgan fingerprint density at radius 2 is 2.25 bits per heavy atom. The highest BCUT2D eigenvalue weighted by molar-refractivity contribution is 6.36. The second-order valence-corrected chi connectivity index (χ2v) is 5.62. The van der Waals surface area contributed by atoms with Gasteiger partial charge in [0.2, 0.25) is 0 Å². The molecule has 0 bridgehead atoms. The molecule has 3 heterocycles. The van der Waals surface area contributed by atoms with Crippen LogP contribution in [0, 0.1) is 5.82 Å². The molecule has 4 aromatic rings. The molecule has 0 saturated heterocycles. The summed E-state index contributed by atoms with van der Waals surface area (Å²) in [5, 5.41) is 14.4. The molecular formula is C16H12ClFN6. The van der Waals surface area contributed by atoms with Crippen LogP contribution in [0.2, 0.25) is 5.02 Å². The molecule has 3 aromatic heterocycles. The first-order valence-corrected chi connectivity index (χ1v) is 7.44. The molecular weight excluding hydrogens is 331 g/mol. The number of rotatable bonds is 3. The highest BCUT2D eigenvalue weighted by Gasteiger charge is 2.21. The van der Waals surface area contributed by atoms with Gasteiger partial charge in [-0.1, -0.05) is 18.2 Å². The molecule has 0 aliphatic rings. The van der Waals surface area contributed by atoms with Crippen molar-refractivity contribution in [3.63, 3.8) is 0 Å². The van der Waals surface area contributed by atoms with E-state index in [1.165, 1.54) is 6.20 Å². The summed E-state index contributed by atoms with van der Waals surface area (Å²) < 4.78 is 16.4. The van der Waals surface area contributed by atoms with Crippen LogP contribution in [0.15, 0.2) is 43.4 Å². The van der Waals surface area contributed by atoms with Gasteiger partial charge >= 0.3 is 0 Å². The third kappa shape index (κ3) is 2.02. The smallest absolute Gasteiger partial charge is 0.168 e. The predicted molar refractivity (Wildman–Crippen MR) is 93.5 cm³/mol.